The largest absolute Gasteiger partial charge is 0.480 e. The first-order valence-electron chi connectivity index (χ1n) is 5.62. The molecular formula is C10H13N5O4S. The van der Waals surface area contributed by atoms with Crippen LogP contribution in [0.4, 0.5) is 0 Å². The molecular weight excluding hydrogens is 286 g/mol. The van der Waals surface area contributed by atoms with Crippen molar-refractivity contribution in [1.82, 2.24) is 24.7 Å². The number of nitrogens with zero attached hydrogens (tertiary/aromatic N) is 2. The Balaban J connectivity index is 2.17. The second-order valence-corrected chi connectivity index (χ2v) is 5.81. The zero-order chi connectivity index (χ0) is 14.8. The molecule has 0 unspecified atom stereocenters. The first-order chi connectivity index (χ1) is 9.38. The van der Waals surface area contributed by atoms with Crippen molar-refractivity contribution in [2.45, 2.75) is 24.4 Å². The molecule has 0 saturated heterocycles. The van der Waals surface area contributed by atoms with Gasteiger partial charge in [-0.2, -0.15) is 4.72 Å². The number of carboxylic acid groups (broad SMARTS) is 1. The third-order valence-corrected chi connectivity index (χ3v) is 3.92. The molecule has 0 saturated carbocycles. The van der Waals surface area contributed by atoms with E-state index in [0.717, 1.165) is 6.20 Å². The van der Waals surface area contributed by atoms with Crippen LogP contribution in [-0.2, 0) is 21.2 Å². The van der Waals surface area contributed by atoms with Gasteiger partial charge in [-0.3, -0.25) is 4.79 Å². The van der Waals surface area contributed by atoms with E-state index in [-0.39, 0.29) is 11.4 Å². The van der Waals surface area contributed by atoms with Crippen LogP contribution in [0.15, 0.2) is 23.7 Å². The van der Waals surface area contributed by atoms with Crippen molar-refractivity contribution in [3.8, 4) is 0 Å². The fourth-order valence-electron chi connectivity index (χ4n) is 1.58. The number of nitrogens with one attached hydrogen (secondary N) is 3. The van der Waals surface area contributed by atoms with Gasteiger partial charge < -0.3 is 15.1 Å². The van der Waals surface area contributed by atoms with Crippen molar-refractivity contribution in [2.24, 2.45) is 0 Å². The number of rotatable bonds is 6. The Labute approximate surface area is 114 Å². The predicted molar refractivity (Wildman–Crippen MR) is 67.4 cm³/mol. The van der Waals surface area contributed by atoms with Gasteiger partial charge in [0.15, 0.2) is 5.03 Å². The number of H-pyrrole nitrogens is 2. The summed E-state index contributed by atoms with van der Waals surface area (Å²) in [5, 5.41) is 8.93. The van der Waals surface area contributed by atoms with E-state index in [1.54, 1.807) is 6.92 Å². The molecule has 9 nitrogen and oxygen atoms in total. The Kier molecular flexibility index (Phi) is 3.86. The standard InChI is InChI=1S/C10H13N5O4S/c1-6-12-4-9(14-6)20(18,19)15-8(10(16)17)2-7-3-11-5-13-7/h3-5,8,15H,2H2,1H3,(H,11,13)(H,12,14)(H,16,17)/t8-/m1/s1. The van der Waals surface area contributed by atoms with Gasteiger partial charge in [-0.1, -0.05) is 0 Å². The van der Waals surface area contributed by atoms with Gasteiger partial charge >= 0.3 is 5.97 Å². The van der Waals surface area contributed by atoms with E-state index in [2.05, 4.69) is 24.7 Å². The highest BCUT2D eigenvalue weighted by Crippen LogP contribution is 2.08. The number of aromatic amines is 2. The molecule has 0 spiro atoms. The fraction of sp³-hybridized carbons (Fsp3) is 0.300. The summed E-state index contributed by atoms with van der Waals surface area (Å²) in [6.45, 7) is 1.60. The Hall–Kier alpha value is -2.20. The minimum atomic E-state index is -3.97. The number of aryl methyl sites for hydroxylation is 1. The van der Waals surface area contributed by atoms with Gasteiger partial charge in [0.25, 0.3) is 10.0 Å². The summed E-state index contributed by atoms with van der Waals surface area (Å²) in [5.74, 6) is -0.856. The summed E-state index contributed by atoms with van der Waals surface area (Å²) in [6.07, 6.45) is 3.92. The van der Waals surface area contributed by atoms with Gasteiger partial charge in [0.2, 0.25) is 0 Å². The van der Waals surface area contributed by atoms with Crippen molar-refractivity contribution in [1.29, 1.82) is 0 Å². The molecule has 0 aliphatic carbocycles. The number of imidazole rings is 2. The molecule has 1 atom stereocenters. The first kappa shape index (κ1) is 14.2. The highest BCUT2D eigenvalue weighted by Gasteiger charge is 2.27. The van der Waals surface area contributed by atoms with Gasteiger partial charge in [0.05, 0.1) is 12.5 Å². The van der Waals surface area contributed by atoms with Gasteiger partial charge in [-0.05, 0) is 6.92 Å². The molecule has 2 aromatic heterocycles. The lowest BCUT2D eigenvalue weighted by Gasteiger charge is -2.12. The molecule has 0 aliphatic heterocycles. The fourth-order valence-corrected chi connectivity index (χ4v) is 2.74. The van der Waals surface area contributed by atoms with Crippen molar-refractivity contribution in [3.05, 3.63) is 30.2 Å². The quantitative estimate of drug-likeness (QED) is 0.562. The van der Waals surface area contributed by atoms with Crippen molar-refractivity contribution in [3.63, 3.8) is 0 Å². The molecule has 4 N–H and O–H groups in total. The Morgan fingerprint density at radius 1 is 1.50 bits per heavy atom. The van der Waals surface area contributed by atoms with E-state index < -0.39 is 22.0 Å². The van der Waals surface area contributed by atoms with Crippen LogP contribution >= 0.6 is 0 Å². The van der Waals surface area contributed by atoms with Crippen LogP contribution in [0.5, 0.6) is 0 Å². The second-order valence-electron chi connectivity index (χ2n) is 4.13. The average Bonchev–Trinajstić information content (AvgIpc) is 2.99. The number of hydrogen-bond acceptors (Lipinski definition) is 5. The van der Waals surface area contributed by atoms with Crippen molar-refractivity contribution < 1.29 is 18.3 Å². The van der Waals surface area contributed by atoms with Crippen LogP contribution in [0.1, 0.15) is 11.5 Å². The number of hydrogen-bond donors (Lipinski definition) is 4. The highest BCUT2D eigenvalue weighted by atomic mass is 32.2. The minimum Gasteiger partial charge on any atom is -0.480 e. The lowest BCUT2D eigenvalue weighted by atomic mass is 10.2. The molecule has 0 fully saturated rings. The smallest absolute Gasteiger partial charge is 0.322 e. The Morgan fingerprint density at radius 3 is 2.75 bits per heavy atom. The number of aromatic nitrogens is 4. The van der Waals surface area contributed by atoms with Crippen LogP contribution in [0.3, 0.4) is 0 Å². The maximum Gasteiger partial charge on any atom is 0.322 e. The molecule has 0 radical (unpaired) electrons. The zero-order valence-electron chi connectivity index (χ0n) is 10.5. The first-order valence-corrected chi connectivity index (χ1v) is 7.11. The maximum atomic E-state index is 12.0. The number of aliphatic carboxylic acids is 1. The van der Waals surface area contributed by atoms with Crippen LogP contribution in [0.2, 0.25) is 0 Å². The lowest BCUT2D eigenvalue weighted by Crippen LogP contribution is -2.42. The minimum absolute atomic E-state index is 0.0400. The number of carboxylic acids is 1. The van der Waals surface area contributed by atoms with Gasteiger partial charge in [0.1, 0.15) is 11.9 Å². The molecule has 2 heterocycles. The molecule has 2 aromatic rings. The lowest BCUT2D eigenvalue weighted by molar-refractivity contribution is -0.138. The highest BCUT2D eigenvalue weighted by molar-refractivity contribution is 7.89. The molecule has 0 aliphatic rings. The van der Waals surface area contributed by atoms with Crippen LogP contribution in [0.25, 0.3) is 0 Å². The molecule has 2 rings (SSSR count). The monoisotopic (exact) mass is 299 g/mol. The van der Waals surface area contributed by atoms with E-state index in [1.807, 2.05) is 0 Å². The molecule has 0 bridgehead atoms. The average molecular weight is 299 g/mol. The Morgan fingerprint density at radius 2 is 2.25 bits per heavy atom. The summed E-state index contributed by atoms with van der Waals surface area (Å²) in [5.41, 5.74) is 0.515. The molecule has 10 heteroatoms. The molecule has 0 aromatic carbocycles. The third-order valence-electron chi connectivity index (χ3n) is 2.54. The summed E-state index contributed by atoms with van der Waals surface area (Å²) in [7, 11) is -3.97. The van der Waals surface area contributed by atoms with Gasteiger partial charge in [-0.25, -0.2) is 18.4 Å². The van der Waals surface area contributed by atoms with E-state index in [9.17, 15) is 13.2 Å². The van der Waals surface area contributed by atoms with E-state index in [0.29, 0.717) is 11.5 Å². The van der Waals surface area contributed by atoms with E-state index >= 15 is 0 Å². The topological polar surface area (TPSA) is 141 Å². The number of carbonyl (C=O) groups is 1. The van der Waals surface area contributed by atoms with Crippen LogP contribution in [0, 0.1) is 6.92 Å². The molecule has 20 heavy (non-hydrogen) atoms. The molecule has 0 amide bonds. The van der Waals surface area contributed by atoms with E-state index in [1.165, 1.54) is 12.5 Å². The predicted octanol–water partition coefficient (Wildman–Crippen LogP) is -0.585. The van der Waals surface area contributed by atoms with E-state index in [4.69, 9.17) is 5.11 Å². The third kappa shape index (κ3) is 3.22. The normalized spacial score (nSPS) is 13.2. The summed E-state index contributed by atoms with van der Waals surface area (Å²) >= 11 is 0. The second kappa shape index (κ2) is 5.43. The maximum absolute atomic E-state index is 12.0. The Bertz CT molecular complexity index is 691. The number of sulfonamides is 1. The van der Waals surface area contributed by atoms with Crippen molar-refractivity contribution >= 4 is 16.0 Å². The molecule has 108 valence electrons. The van der Waals surface area contributed by atoms with Crippen LogP contribution in [-0.4, -0.2) is 45.5 Å². The van der Waals surface area contributed by atoms with Gasteiger partial charge in [-0.15, -0.1) is 0 Å². The van der Waals surface area contributed by atoms with Crippen molar-refractivity contribution in [2.75, 3.05) is 0 Å². The van der Waals surface area contributed by atoms with Gasteiger partial charge in [0, 0.05) is 18.3 Å². The summed E-state index contributed by atoms with van der Waals surface area (Å²) in [6, 6.07) is -1.30. The summed E-state index contributed by atoms with van der Waals surface area (Å²) in [4.78, 5) is 23.9. The SMILES string of the molecule is Cc1ncc(S(=O)(=O)N[C@H](Cc2cnc[nH]2)C(=O)O)[nH]1. The van der Waals surface area contributed by atoms with Crippen LogP contribution < -0.4 is 4.72 Å². The summed E-state index contributed by atoms with van der Waals surface area (Å²) < 4.78 is 26.1. The zero-order valence-corrected chi connectivity index (χ0v) is 11.3.